The van der Waals surface area contributed by atoms with E-state index in [-0.39, 0.29) is 21.5 Å². The minimum absolute atomic E-state index is 0.00138. The molecule has 0 aliphatic carbocycles. The first-order chi connectivity index (χ1) is 11.8. The number of rotatable bonds is 7. The molecule has 0 spiro atoms. The van der Waals surface area contributed by atoms with Gasteiger partial charge in [-0.3, -0.25) is 4.79 Å². The van der Waals surface area contributed by atoms with Gasteiger partial charge >= 0.3 is 0 Å². The van der Waals surface area contributed by atoms with Crippen molar-refractivity contribution >= 4 is 27.5 Å². The quantitative estimate of drug-likeness (QED) is 0.775. The zero-order chi connectivity index (χ0) is 18.4. The summed E-state index contributed by atoms with van der Waals surface area (Å²) in [4.78, 5) is 12.4. The van der Waals surface area contributed by atoms with Gasteiger partial charge in [-0.1, -0.05) is 41.9 Å². The molecule has 25 heavy (non-hydrogen) atoms. The maximum absolute atomic E-state index is 12.4. The number of amides is 1. The Labute approximate surface area is 153 Å². The monoisotopic (exact) mass is 380 g/mol. The summed E-state index contributed by atoms with van der Waals surface area (Å²) in [6.07, 6.45) is 1.60. The summed E-state index contributed by atoms with van der Waals surface area (Å²) < 4.78 is 26.0. The number of hydrogen-bond donors (Lipinski definition) is 2. The predicted molar refractivity (Wildman–Crippen MR) is 99.4 cm³/mol. The number of carbonyl (C=O) groups is 1. The van der Waals surface area contributed by atoms with Gasteiger partial charge in [0, 0.05) is 6.04 Å². The van der Waals surface area contributed by atoms with Crippen LogP contribution in [0.5, 0.6) is 0 Å². The Morgan fingerprint density at radius 1 is 1.16 bits per heavy atom. The van der Waals surface area contributed by atoms with E-state index in [1.54, 1.807) is 0 Å². The Morgan fingerprint density at radius 3 is 2.48 bits per heavy atom. The first-order valence-corrected chi connectivity index (χ1v) is 9.77. The molecule has 0 fully saturated rings. The van der Waals surface area contributed by atoms with Crippen LogP contribution in [-0.4, -0.2) is 27.4 Å². The molecule has 2 N–H and O–H groups in total. The van der Waals surface area contributed by atoms with Crippen molar-refractivity contribution in [3.8, 4) is 0 Å². The summed E-state index contributed by atoms with van der Waals surface area (Å²) in [5.74, 6) is -0.390. The predicted octanol–water partition coefficient (Wildman–Crippen LogP) is 3.00. The van der Waals surface area contributed by atoms with E-state index < -0.39 is 15.9 Å². The Kier molecular flexibility index (Phi) is 6.58. The molecule has 0 aliphatic heterocycles. The van der Waals surface area contributed by atoms with Crippen molar-refractivity contribution in [1.29, 1.82) is 0 Å². The summed E-state index contributed by atoms with van der Waals surface area (Å²) in [6, 6.07) is 14.0. The van der Waals surface area contributed by atoms with Crippen LogP contribution in [0.1, 0.15) is 29.3 Å². The van der Waals surface area contributed by atoms with Gasteiger partial charge in [0.15, 0.2) is 0 Å². The van der Waals surface area contributed by atoms with Gasteiger partial charge in [-0.05, 0) is 50.6 Å². The number of nitrogens with one attached hydrogen (secondary N) is 2. The summed E-state index contributed by atoms with van der Waals surface area (Å²) in [7, 11) is -2.32. The molecular weight excluding hydrogens is 360 g/mol. The maximum Gasteiger partial charge on any atom is 0.253 e. The molecule has 0 radical (unpaired) electrons. The average molecular weight is 381 g/mol. The zero-order valence-corrected chi connectivity index (χ0v) is 15.7. The van der Waals surface area contributed by atoms with E-state index in [1.807, 2.05) is 37.3 Å². The van der Waals surface area contributed by atoms with Gasteiger partial charge in [-0.2, -0.15) is 0 Å². The molecule has 5 nitrogen and oxygen atoms in total. The number of benzene rings is 2. The van der Waals surface area contributed by atoms with E-state index in [1.165, 1.54) is 30.8 Å². The van der Waals surface area contributed by atoms with Crippen molar-refractivity contribution in [3.63, 3.8) is 0 Å². The van der Waals surface area contributed by atoms with Crippen LogP contribution in [0.2, 0.25) is 5.02 Å². The highest BCUT2D eigenvalue weighted by Crippen LogP contribution is 2.20. The molecule has 2 aromatic rings. The molecule has 1 atom stereocenters. The van der Waals surface area contributed by atoms with Gasteiger partial charge in [0.25, 0.3) is 5.91 Å². The Bertz CT molecular complexity index is 839. The normalized spacial score (nSPS) is 12.6. The van der Waals surface area contributed by atoms with Crippen molar-refractivity contribution in [1.82, 2.24) is 10.0 Å². The zero-order valence-electron chi connectivity index (χ0n) is 14.1. The van der Waals surface area contributed by atoms with Crippen LogP contribution in [0.4, 0.5) is 0 Å². The molecule has 0 saturated carbocycles. The van der Waals surface area contributed by atoms with Crippen LogP contribution in [0.3, 0.4) is 0 Å². The Hall–Kier alpha value is -1.89. The van der Waals surface area contributed by atoms with Gasteiger partial charge in [0.05, 0.1) is 15.5 Å². The van der Waals surface area contributed by atoms with Crippen LogP contribution in [0, 0.1) is 0 Å². The highest BCUT2D eigenvalue weighted by Gasteiger charge is 2.18. The molecule has 0 saturated heterocycles. The van der Waals surface area contributed by atoms with Crippen molar-refractivity contribution in [3.05, 3.63) is 64.7 Å². The molecule has 2 rings (SSSR count). The van der Waals surface area contributed by atoms with Gasteiger partial charge in [-0.25, -0.2) is 13.1 Å². The smallest absolute Gasteiger partial charge is 0.253 e. The summed E-state index contributed by atoms with van der Waals surface area (Å²) in [6.45, 7) is 1.91. The highest BCUT2D eigenvalue weighted by atomic mass is 35.5. The van der Waals surface area contributed by atoms with Crippen molar-refractivity contribution < 1.29 is 13.2 Å². The number of aryl methyl sites for hydroxylation is 1. The lowest BCUT2D eigenvalue weighted by atomic mass is 10.1. The van der Waals surface area contributed by atoms with E-state index in [0.717, 1.165) is 12.8 Å². The summed E-state index contributed by atoms with van der Waals surface area (Å²) in [5, 5.41) is 3.08. The third-order valence-corrected chi connectivity index (χ3v) is 5.59. The first-order valence-electron chi connectivity index (χ1n) is 7.91. The Morgan fingerprint density at radius 2 is 1.84 bits per heavy atom. The second-order valence-corrected chi connectivity index (χ2v) is 8.04. The second kappa shape index (κ2) is 8.47. The van der Waals surface area contributed by atoms with Crippen LogP contribution in [-0.2, 0) is 16.4 Å². The molecule has 0 aromatic heterocycles. The van der Waals surface area contributed by atoms with E-state index in [4.69, 9.17) is 11.6 Å². The fraction of sp³-hybridized carbons (Fsp3) is 0.278. The van der Waals surface area contributed by atoms with E-state index >= 15 is 0 Å². The molecule has 2 aromatic carbocycles. The molecule has 0 aliphatic rings. The minimum Gasteiger partial charge on any atom is -0.350 e. The van der Waals surface area contributed by atoms with Crippen molar-refractivity contribution in [2.24, 2.45) is 0 Å². The van der Waals surface area contributed by atoms with Crippen LogP contribution in [0.15, 0.2) is 53.4 Å². The molecule has 1 unspecified atom stereocenters. The lowest BCUT2D eigenvalue weighted by Gasteiger charge is -2.15. The molecule has 0 heterocycles. The molecule has 134 valence electrons. The van der Waals surface area contributed by atoms with Gasteiger partial charge < -0.3 is 5.32 Å². The Balaban J connectivity index is 2.06. The lowest BCUT2D eigenvalue weighted by molar-refractivity contribution is 0.0938. The summed E-state index contributed by atoms with van der Waals surface area (Å²) >= 11 is 6.06. The second-order valence-electron chi connectivity index (χ2n) is 5.75. The van der Waals surface area contributed by atoms with Gasteiger partial charge in [-0.15, -0.1) is 0 Å². The fourth-order valence-electron chi connectivity index (χ4n) is 2.36. The van der Waals surface area contributed by atoms with Gasteiger partial charge in [0.2, 0.25) is 10.0 Å². The van der Waals surface area contributed by atoms with Crippen LogP contribution < -0.4 is 10.0 Å². The number of sulfonamides is 1. The third-order valence-electron chi connectivity index (χ3n) is 3.85. The van der Waals surface area contributed by atoms with Crippen molar-refractivity contribution in [2.45, 2.75) is 30.7 Å². The molecule has 0 bridgehead atoms. The maximum atomic E-state index is 12.4. The third kappa shape index (κ3) is 5.29. The topological polar surface area (TPSA) is 75.3 Å². The van der Waals surface area contributed by atoms with E-state index in [9.17, 15) is 13.2 Å². The van der Waals surface area contributed by atoms with E-state index in [2.05, 4.69) is 10.0 Å². The molecule has 7 heteroatoms. The fourth-order valence-corrected chi connectivity index (χ4v) is 3.32. The number of carbonyl (C=O) groups excluding carboxylic acids is 1. The molecule has 1 amide bonds. The standard InChI is InChI=1S/C18H21ClN2O3S/c1-13(8-9-14-6-4-3-5-7-14)21-18(22)16-12-15(10-11-17(16)19)25(23,24)20-2/h3-7,10-13,20H,8-9H2,1-2H3,(H,21,22). The minimum atomic E-state index is -3.63. The number of hydrogen-bond acceptors (Lipinski definition) is 3. The number of halogens is 1. The van der Waals surface area contributed by atoms with Gasteiger partial charge in [0.1, 0.15) is 0 Å². The van der Waals surface area contributed by atoms with E-state index in [0.29, 0.717) is 0 Å². The van der Waals surface area contributed by atoms with Crippen LogP contribution >= 0.6 is 11.6 Å². The average Bonchev–Trinajstić information content (AvgIpc) is 2.61. The van der Waals surface area contributed by atoms with Crippen LogP contribution in [0.25, 0.3) is 0 Å². The molecular formula is C18H21ClN2O3S. The SMILES string of the molecule is CNS(=O)(=O)c1ccc(Cl)c(C(=O)NC(C)CCc2ccccc2)c1. The highest BCUT2D eigenvalue weighted by molar-refractivity contribution is 7.89. The largest absolute Gasteiger partial charge is 0.350 e. The lowest BCUT2D eigenvalue weighted by Crippen LogP contribution is -2.33. The van der Waals surface area contributed by atoms with Crippen molar-refractivity contribution in [2.75, 3.05) is 7.05 Å². The summed E-state index contributed by atoms with van der Waals surface area (Å²) in [5.41, 5.74) is 1.34. The first kappa shape index (κ1) is 19.4.